The van der Waals surface area contributed by atoms with Crippen molar-refractivity contribution in [2.45, 2.75) is 52.6 Å². The molecule has 1 N–H and O–H groups in total. The van der Waals surface area contributed by atoms with Gasteiger partial charge in [0, 0.05) is 21.6 Å². The smallest absolute Gasteiger partial charge is 0.0453 e. The van der Waals surface area contributed by atoms with Gasteiger partial charge in [0.2, 0.25) is 0 Å². The van der Waals surface area contributed by atoms with Gasteiger partial charge in [-0.1, -0.05) is 50.0 Å². The third kappa shape index (κ3) is 4.85. The standard InChI is InChI=1S/C17H28Cl2N2/c1-6-20-16(17(4,5)21(7-2)8-3)11-13-9-10-14(18)12-15(13)19/h9-10,12,16,20H,6-8,11H2,1-5H3. The van der Waals surface area contributed by atoms with Gasteiger partial charge < -0.3 is 5.32 Å². The quantitative estimate of drug-likeness (QED) is 0.747. The molecular formula is C17H28Cl2N2. The molecule has 0 saturated heterocycles. The summed E-state index contributed by atoms with van der Waals surface area (Å²) in [6, 6.07) is 6.11. The van der Waals surface area contributed by atoms with Crippen LogP contribution in [0.3, 0.4) is 0 Å². The first-order chi connectivity index (χ1) is 9.86. The SMILES string of the molecule is CCNC(Cc1ccc(Cl)cc1Cl)C(C)(C)N(CC)CC. The summed E-state index contributed by atoms with van der Waals surface area (Å²) in [7, 11) is 0. The van der Waals surface area contributed by atoms with Crippen LogP contribution < -0.4 is 5.32 Å². The van der Waals surface area contributed by atoms with Gasteiger partial charge in [-0.2, -0.15) is 0 Å². The minimum Gasteiger partial charge on any atom is -0.312 e. The van der Waals surface area contributed by atoms with E-state index in [2.05, 4.69) is 44.8 Å². The lowest BCUT2D eigenvalue weighted by atomic mass is 9.87. The first-order valence-electron chi connectivity index (χ1n) is 7.79. The zero-order valence-corrected chi connectivity index (χ0v) is 15.4. The molecule has 0 saturated carbocycles. The van der Waals surface area contributed by atoms with Gasteiger partial charge in [-0.3, -0.25) is 4.90 Å². The van der Waals surface area contributed by atoms with Gasteiger partial charge in [0.1, 0.15) is 0 Å². The van der Waals surface area contributed by atoms with E-state index in [1.54, 1.807) is 0 Å². The van der Waals surface area contributed by atoms with Crippen LogP contribution in [0.2, 0.25) is 10.0 Å². The number of hydrogen-bond acceptors (Lipinski definition) is 2. The van der Waals surface area contributed by atoms with Crippen molar-refractivity contribution in [3.8, 4) is 0 Å². The molecule has 1 aromatic rings. The van der Waals surface area contributed by atoms with Crippen LogP contribution in [0.5, 0.6) is 0 Å². The van der Waals surface area contributed by atoms with Crippen molar-refractivity contribution >= 4 is 23.2 Å². The van der Waals surface area contributed by atoms with Crippen molar-refractivity contribution in [3.63, 3.8) is 0 Å². The molecule has 1 rings (SSSR count). The second-order valence-corrected chi connectivity index (χ2v) is 6.72. The third-order valence-electron chi connectivity index (χ3n) is 4.32. The second-order valence-electron chi connectivity index (χ2n) is 5.88. The number of rotatable bonds is 8. The van der Waals surface area contributed by atoms with Crippen LogP contribution in [0.25, 0.3) is 0 Å². The lowest BCUT2D eigenvalue weighted by molar-refractivity contribution is 0.0918. The van der Waals surface area contributed by atoms with Crippen LogP contribution in [-0.4, -0.2) is 36.1 Å². The summed E-state index contributed by atoms with van der Waals surface area (Å²) in [6.07, 6.45) is 0.896. The van der Waals surface area contributed by atoms with Crippen molar-refractivity contribution in [2.24, 2.45) is 0 Å². The van der Waals surface area contributed by atoms with E-state index in [9.17, 15) is 0 Å². The molecule has 0 aromatic heterocycles. The van der Waals surface area contributed by atoms with E-state index in [1.807, 2.05) is 18.2 Å². The predicted molar refractivity (Wildman–Crippen MR) is 94.6 cm³/mol. The molecule has 0 aliphatic carbocycles. The number of likely N-dealkylation sites (N-methyl/N-ethyl adjacent to an activating group) is 2. The molecule has 0 spiro atoms. The summed E-state index contributed by atoms with van der Waals surface area (Å²) in [5.74, 6) is 0. The van der Waals surface area contributed by atoms with Crippen LogP contribution in [0.4, 0.5) is 0 Å². The maximum atomic E-state index is 6.35. The van der Waals surface area contributed by atoms with Gasteiger partial charge in [0.25, 0.3) is 0 Å². The number of benzene rings is 1. The van der Waals surface area contributed by atoms with Crippen molar-refractivity contribution < 1.29 is 0 Å². The molecule has 0 heterocycles. The molecule has 1 unspecified atom stereocenters. The summed E-state index contributed by atoms with van der Waals surface area (Å²) in [4.78, 5) is 2.49. The largest absolute Gasteiger partial charge is 0.312 e. The maximum Gasteiger partial charge on any atom is 0.0453 e. The third-order valence-corrected chi connectivity index (χ3v) is 4.91. The molecule has 0 aliphatic heterocycles. The van der Waals surface area contributed by atoms with Crippen molar-refractivity contribution in [1.29, 1.82) is 0 Å². The van der Waals surface area contributed by atoms with Gasteiger partial charge >= 0.3 is 0 Å². The molecule has 1 aromatic carbocycles. The summed E-state index contributed by atoms with van der Waals surface area (Å²) >= 11 is 12.3. The highest BCUT2D eigenvalue weighted by molar-refractivity contribution is 6.35. The predicted octanol–water partition coefficient (Wildman–Crippen LogP) is 4.63. The monoisotopic (exact) mass is 330 g/mol. The molecule has 0 amide bonds. The van der Waals surface area contributed by atoms with Crippen molar-refractivity contribution in [1.82, 2.24) is 10.2 Å². The summed E-state index contributed by atoms with van der Waals surface area (Å²) in [5, 5.41) is 5.07. The van der Waals surface area contributed by atoms with E-state index in [0.29, 0.717) is 11.1 Å². The highest BCUT2D eigenvalue weighted by Crippen LogP contribution is 2.27. The molecule has 21 heavy (non-hydrogen) atoms. The van der Waals surface area contributed by atoms with Gasteiger partial charge in [0.15, 0.2) is 0 Å². The van der Waals surface area contributed by atoms with Crippen LogP contribution in [-0.2, 0) is 6.42 Å². The Morgan fingerprint density at radius 3 is 2.24 bits per heavy atom. The van der Waals surface area contributed by atoms with Crippen LogP contribution in [0.1, 0.15) is 40.2 Å². The lowest BCUT2D eigenvalue weighted by Crippen LogP contribution is -2.58. The number of hydrogen-bond donors (Lipinski definition) is 1. The van der Waals surface area contributed by atoms with Gasteiger partial charge in [-0.15, -0.1) is 0 Å². The Bertz CT molecular complexity index is 442. The fourth-order valence-corrected chi connectivity index (χ4v) is 3.47. The Morgan fingerprint density at radius 1 is 1.14 bits per heavy atom. The van der Waals surface area contributed by atoms with Gasteiger partial charge in [-0.05, 0) is 57.6 Å². The van der Waals surface area contributed by atoms with Crippen LogP contribution in [0, 0.1) is 0 Å². The summed E-state index contributed by atoms with van der Waals surface area (Å²) in [5.41, 5.74) is 1.20. The Morgan fingerprint density at radius 2 is 1.76 bits per heavy atom. The van der Waals surface area contributed by atoms with E-state index in [4.69, 9.17) is 23.2 Å². The number of nitrogens with zero attached hydrogens (tertiary/aromatic N) is 1. The fourth-order valence-electron chi connectivity index (χ4n) is 2.98. The van der Waals surface area contributed by atoms with E-state index in [1.165, 1.54) is 0 Å². The maximum absolute atomic E-state index is 6.35. The van der Waals surface area contributed by atoms with Crippen LogP contribution >= 0.6 is 23.2 Å². The van der Waals surface area contributed by atoms with Gasteiger partial charge in [-0.25, -0.2) is 0 Å². The lowest BCUT2D eigenvalue weighted by Gasteiger charge is -2.44. The summed E-state index contributed by atoms with van der Waals surface area (Å²) < 4.78 is 0. The molecule has 120 valence electrons. The minimum atomic E-state index is 0.0580. The fraction of sp³-hybridized carbons (Fsp3) is 0.647. The normalized spacial score (nSPS) is 13.7. The second kappa shape index (κ2) is 8.38. The molecule has 0 aliphatic rings. The minimum absolute atomic E-state index is 0.0580. The zero-order chi connectivity index (χ0) is 16.0. The first-order valence-corrected chi connectivity index (χ1v) is 8.54. The molecule has 0 fully saturated rings. The summed E-state index contributed by atoms with van der Waals surface area (Å²) in [6.45, 7) is 14.2. The average molecular weight is 331 g/mol. The number of nitrogens with one attached hydrogen (secondary N) is 1. The Hall–Kier alpha value is -0.280. The van der Waals surface area contributed by atoms with Crippen molar-refractivity contribution in [3.05, 3.63) is 33.8 Å². The van der Waals surface area contributed by atoms with E-state index in [0.717, 1.165) is 36.6 Å². The van der Waals surface area contributed by atoms with E-state index < -0.39 is 0 Å². The van der Waals surface area contributed by atoms with Crippen molar-refractivity contribution in [2.75, 3.05) is 19.6 Å². The average Bonchev–Trinajstić information content (AvgIpc) is 2.42. The number of halogens is 2. The molecule has 2 nitrogen and oxygen atoms in total. The topological polar surface area (TPSA) is 15.3 Å². The highest BCUT2D eigenvalue weighted by atomic mass is 35.5. The highest BCUT2D eigenvalue weighted by Gasteiger charge is 2.33. The molecule has 4 heteroatoms. The zero-order valence-electron chi connectivity index (χ0n) is 13.8. The molecule has 0 bridgehead atoms. The van der Waals surface area contributed by atoms with Gasteiger partial charge in [0.05, 0.1) is 0 Å². The Labute approximate surface area is 139 Å². The Balaban J connectivity index is 3.00. The van der Waals surface area contributed by atoms with E-state index in [-0.39, 0.29) is 5.54 Å². The molecule has 0 radical (unpaired) electrons. The molecule has 1 atom stereocenters. The molecular weight excluding hydrogens is 303 g/mol. The first kappa shape index (κ1) is 18.8. The Kier molecular flexibility index (Phi) is 7.49. The van der Waals surface area contributed by atoms with E-state index >= 15 is 0 Å². The van der Waals surface area contributed by atoms with Crippen LogP contribution in [0.15, 0.2) is 18.2 Å².